The Morgan fingerprint density at radius 1 is 1.11 bits per heavy atom. The molecule has 1 N–H and O–H groups in total. The first kappa shape index (κ1) is 17.9. The maximum Gasteiger partial charge on any atom is 0.0466 e. The highest BCUT2D eigenvalue weighted by Crippen LogP contribution is 2.08. The summed E-state index contributed by atoms with van der Waals surface area (Å²) < 4.78 is 5.31. The van der Waals surface area contributed by atoms with Gasteiger partial charge in [-0.05, 0) is 52.6 Å². The predicted molar refractivity (Wildman–Crippen MR) is 80.1 cm³/mol. The molecule has 18 heavy (non-hydrogen) atoms. The third kappa shape index (κ3) is 11.0. The lowest BCUT2D eigenvalue weighted by Crippen LogP contribution is -2.36. The fourth-order valence-electron chi connectivity index (χ4n) is 2.06. The summed E-state index contributed by atoms with van der Waals surface area (Å²) in [7, 11) is 2.23. The molecule has 0 aliphatic carbocycles. The second kappa shape index (κ2) is 11.9. The lowest BCUT2D eigenvalue weighted by atomic mass is 10.0. The van der Waals surface area contributed by atoms with Crippen LogP contribution in [0.3, 0.4) is 0 Å². The van der Waals surface area contributed by atoms with Crippen LogP contribution in [0.25, 0.3) is 0 Å². The van der Waals surface area contributed by atoms with E-state index in [4.69, 9.17) is 4.74 Å². The van der Waals surface area contributed by atoms with Crippen molar-refractivity contribution < 1.29 is 4.74 Å². The van der Waals surface area contributed by atoms with E-state index in [0.29, 0.717) is 6.04 Å². The molecule has 0 aliphatic heterocycles. The van der Waals surface area contributed by atoms with E-state index in [9.17, 15) is 0 Å². The number of hydrogen-bond acceptors (Lipinski definition) is 3. The van der Waals surface area contributed by atoms with Crippen LogP contribution in [0, 0.1) is 5.92 Å². The normalized spacial score (nSPS) is 13.5. The van der Waals surface area contributed by atoms with E-state index in [1.165, 1.54) is 19.3 Å². The van der Waals surface area contributed by atoms with Crippen LogP contribution in [-0.2, 0) is 4.74 Å². The van der Waals surface area contributed by atoms with Crippen molar-refractivity contribution in [2.75, 3.05) is 39.9 Å². The summed E-state index contributed by atoms with van der Waals surface area (Å²) in [6.45, 7) is 14.0. The molecule has 0 amide bonds. The molecule has 0 heterocycles. The van der Waals surface area contributed by atoms with Gasteiger partial charge in [-0.2, -0.15) is 0 Å². The Morgan fingerprint density at radius 2 is 1.83 bits per heavy atom. The van der Waals surface area contributed by atoms with Gasteiger partial charge in [-0.3, -0.25) is 0 Å². The van der Waals surface area contributed by atoms with E-state index < -0.39 is 0 Å². The Balaban J connectivity index is 3.32. The van der Waals surface area contributed by atoms with Gasteiger partial charge in [0.05, 0.1) is 0 Å². The van der Waals surface area contributed by atoms with Crippen LogP contribution in [0.15, 0.2) is 0 Å². The number of likely N-dealkylation sites (N-methyl/N-ethyl adjacent to an activating group) is 1. The summed E-state index contributed by atoms with van der Waals surface area (Å²) in [5, 5.41) is 3.50. The molecule has 0 fully saturated rings. The second-order valence-electron chi connectivity index (χ2n) is 5.61. The lowest BCUT2D eigenvalue weighted by Gasteiger charge is -2.26. The van der Waals surface area contributed by atoms with Crippen molar-refractivity contribution in [2.24, 2.45) is 5.92 Å². The van der Waals surface area contributed by atoms with Crippen molar-refractivity contribution in [1.82, 2.24) is 10.2 Å². The summed E-state index contributed by atoms with van der Waals surface area (Å²) >= 11 is 0. The van der Waals surface area contributed by atoms with Crippen LogP contribution in [0.2, 0.25) is 0 Å². The number of ether oxygens (including phenoxy) is 1. The number of unbranched alkanes of at least 4 members (excludes halogenated alkanes) is 1. The molecule has 0 aliphatic rings. The van der Waals surface area contributed by atoms with Gasteiger partial charge in [-0.1, -0.05) is 13.8 Å². The molecule has 3 nitrogen and oxygen atoms in total. The summed E-state index contributed by atoms with van der Waals surface area (Å²) in [6, 6.07) is 0.685. The Bertz CT molecular complexity index is 174. The standard InChI is InChI=1S/C15H34N2O/c1-6-18-12-8-7-9-16-10-11-17(5)15(4)13-14(2)3/h14-16H,6-13H2,1-5H3. The zero-order valence-corrected chi connectivity index (χ0v) is 13.2. The maximum atomic E-state index is 5.31. The molecule has 3 heteroatoms. The highest BCUT2D eigenvalue weighted by Gasteiger charge is 2.09. The van der Waals surface area contributed by atoms with E-state index in [1.54, 1.807) is 0 Å². The van der Waals surface area contributed by atoms with E-state index in [-0.39, 0.29) is 0 Å². The molecule has 0 rings (SSSR count). The van der Waals surface area contributed by atoms with E-state index in [1.807, 2.05) is 6.92 Å². The maximum absolute atomic E-state index is 5.31. The summed E-state index contributed by atoms with van der Waals surface area (Å²) in [4.78, 5) is 2.45. The summed E-state index contributed by atoms with van der Waals surface area (Å²) in [6.07, 6.45) is 3.66. The van der Waals surface area contributed by atoms with Crippen LogP contribution < -0.4 is 5.32 Å². The Morgan fingerprint density at radius 3 is 2.44 bits per heavy atom. The monoisotopic (exact) mass is 258 g/mol. The molecule has 0 radical (unpaired) electrons. The van der Waals surface area contributed by atoms with Crippen molar-refractivity contribution in [2.45, 2.75) is 53.0 Å². The highest BCUT2D eigenvalue weighted by molar-refractivity contribution is 4.66. The quantitative estimate of drug-likeness (QED) is 0.545. The molecule has 0 saturated heterocycles. The SMILES string of the molecule is CCOCCCCNCCN(C)C(C)CC(C)C. The van der Waals surface area contributed by atoms with Crippen LogP contribution >= 0.6 is 0 Å². The molecule has 0 bridgehead atoms. The Labute approximate surface area is 114 Å². The summed E-state index contributed by atoms with van der Waals surface area (Å²) in [5.41, 5.74) is 0. The number of hydrogen-bond donors (Lipinski definition) is 1. The molecule has 1 atom stereocenters. The first-order valence-electron chi connectivity index (χ1n) is 7.56. The molecule has 110 valence electrons. The first-order chi connectivity index (χ1) is 8.57. The topological polar surface area (TPSA) is 24.5 Å². The lowest BCUT2D eigenvalue weighted by molar-refractivity contribution is 0.143. The van der Waals surface area contributed by atoms with Crippen LogP contribution in [0.5, 0.6) is 0 Å². The summed E-state index contributed by atoms with van der Waals surface area (Å²) in [5.74, 6) is 0.786. The number of rotatable bonds is 12. The van der Waals surface area contributed by atoms with Crippen LogP contribution in [-0.4, -0.2) is 50.8 Å². The van der Waals surface area contributed by atoms with Crippen LogP contribution in [0.1, 0.15) is 47.0 Å². The predicted octanol–water partition coefficient (Wildman–Crippen LogP) is 2.76. The van der Waals surface area contributed by atoms with Crippen molar-refractivity contribution in [3.05, 3.63) is 0 Å². The van der Waals surface area contributed by atoms with E-state index >= 15 is 0 Å². The minimum absolute atomic E-state index is 0.685. The van der Waals surface area contributed by atoms with E-state index in [2.05, 4.69) is 38.0 Å². The Kier molecular flexibility index (Phi) is 11.9. The van der Waals surface area contributed by atoms with Gasteiger partial charge in [0.2, 0.25) is 0 Å². The fourth-order valence-corrected chi connectivity index (χ4v) is 2.06. The molecule has 0 aromatic rings. The average molecular weight is 258 g/mol. The third-order valence-corrected chi connectivity index (χ3v) is 3.30. The van der Waals surface area contributed by atoms with Crippen LogP contribution in [0.4, 0.5) is 0 Å². The zero-order valence-electron chi connectivity index (χ0n) is 13.2. The molecular weight excluding hydrogens is 224 g/mol. The fraction of sp³-hybridized carbons (Fsp3) is 1.00. The van der Waals surface area contributed by atoms with Gasteiger partial charge < -0.3 is 15.0 Å². The smallest absolute Gasteiger partial charge is 0.0466 e. The minimum atomic E-state index is 0.685. The third-order valence-electron chi connectivity index (χ3n) is 3.30. The van der Waals surface area contributed by atoms with Crippen molar-refractivity contribution in [3.8, 4) is 0 Å². The molecule has 0 aromatic heterocycles. The Hall–Kier alpha value is -0.120. The van der Waals surface area contributed by atoms with Crippen molar-refractivity contribution >= 4 is 0 Å². The first-order valence-corrected chi connectivity index (χ1v) is 7.56. The van der Waals surface area contributed by atoms with Gasteiger partial charge in [0.15, 0.2) is 0 Å². The van der Waals surface area contributed by atoms with Crippen molar-refractivity contribution in [1.29, 1.82) is 0 Å². The highest BCUT2D eigenvalue weighted by atomic mass is 16.5. The second-order valence-corrected chi connectivity index (χ2v) is 5.61. The molecule has 1 unspecified atom stereocenters. The van der Waals surface area contributed by atoms with Gasteiger partial charge in [0.1, 0.15) is 0 Å². The average Bonchev–Trinajstić information content (AvgIpc) is 2.31. The van der Waals surface area contributed by atoms with Gasteiger partial charge >= 0.3 is 0 Å². The minimum Gasteiger partial charge on any atom is -0.382 e. The zero-order chi connectivity index (χ0) is 13.8. The molecular formula is C15H34N2O. The number of nitrogens with one attached hydrogen (secondary N) is 1. The van der Waals surface area contributed by atoms with Gasteiger partial charge in [-0.15, -0.1) is 0 Å². The molecule has 0 saturated carbocycles. The largest absolute Gasteiger partial charge is 0.382 e. The van der Waals surface area contributed by atoms with Gasteiger partial charge in [0, 0.05) is 32.3 Å². The van der Waals surface area contributed by atoms with Gasteiger partial charge in [-0.25, -0.2) is 0 Å². The number of nitrogens with zero attached hydrogens (tertiary/aromatic N) is 1. The van der Waals surface area contributed by atoms with Gasteiger partial charge in [0.25, 0.3) is 0 Å². The molecule has 0 spiro atoms. The van der Waals surface area contributed by atoms with Crippen molar-refractivity contribution in [3.63, 3.8) is 0 Å². The van der Waals surface area contributed by atoms with E-state index in [0.717, 1.165) is 38.8 Å². The molecule has 0 aromatic carbocycles.